The highest BCUT2D eigenvalue weighted by Crippen LogP contribution is 2.19. The van der Waals surface area contributed by atoms with Gasteiger partial charge in [-0.05, 0) is 31.6 Å². The van der Waals surface area contributed by atoms with E-state index in [0.717, 1.165) is 51.4 Å². The van der Waals surface area contributed by atoms with Crippen molar-refractivity contribution in [3.63, 3.8) is 0 Å². The molecule has 0 saturated heterocycles. The van der Waals surface area contributed by atoms with Crippen molar-refractivity contribution in [3.05, 3.63) is 0 Å². The summed E-state index contributed by atoms with van der Waals surface area (Å²) in [6.07, 6.45) is 21.3. The van der Waals surface area contributed by atoms with Crippen LogP contribution in [0.4, 0.5) is 0 Å². The van der Waals surface area contributed by atoms with Gasteiger partial charge in [0, 0.05) is 12.8 Å². The second-order valence-corrected chi connectivity index (χ2v) is 9.05. The highest BCUT2D eigenvalue weighted by Gasteiger charge is 2.12. The van der Waals surface area contributed by atoms with Crippen molar-refractivity contribution in [1.82, 2.24) is 0 Å². The number of esters is 2. The Kier molecular flexibility index (Phi) is 22.8. The van der Waals surface area contributed by atoms with Crippen LogP contribution in [0.1, 0.15) is 143 Å². The highest BCUT2D eigenvalue weighted by atomic mass is 16.5. The Morgan fingerprint density at radius 2 is 1.03 bits per heavy atom. The summed E-state index contributed by atoms with van der Waals surface area (Å²) in [5.41, 5.74) is 0. The molecule has 4 heteroatoms. The van der Waals surface area contributed by atoms with E-state index in [2.05, 4.69) is 20.8 Å². The Bertz CT molecular complexity index is 408. The molecule has 0 aromatic carbocycles. The maximum absolute atomic E-state index is 11.8. The lowest BCUT2D eigenvalue weighted by Crippen LogP contribution is -2.12. The van der Waals surface area contributed by atoms with Gasteiger partial charge in [-0.1, -0.05) is 104 Å². The van der Waals surface area contributed by atoms with Crippen LogP contribution in [0, 0.1) is 5.92 Å². The van der Waals surface area contributed by atoms with Crippen LogP contribution >= 0.6 is 0 Å². The van der Waals surface area contributed by atoms with Crippen molar-refractivity contribution in [3.8, 4) is 0 Å². The first-order valence-corrected chi connectivity index (χ1v) is 13.4. The van der Waals surface area contributed by atoms with Crippen LogP contribution in [0.2, 0.25) is 0 Å². The molecule has 0 amide bonds. The maximum Gasteiger partial charge on any atom is 0.306 e. The molecule has 0 aliphatic rings. The number of unbranched alkanes of at least 4 members (excludes halogenated alkanes) is 12. The Balaban J connectivity index is 3.38. The van der Waals surface area contributed by atoms with E-state index in [9.17, 15) is 9.59 Å². The number of carbonyl (C=O) groups excluding carboxylic acids is 2. The molecule has 1 unspecified atom stereocenters. The van der Waals surface area contributed by atoms with E-state index in [1.807, 2.05) is 0 Å². The average Bonchev–Trinajstić information content (AvgIpc) is 2.76. The second kappa shape index (κ2) is 23.6. The van der Waals surface area contributed by atoms with Crippen molar-refractivity contribution in [2.24, 2.45) is 5.92 Å². The average molecular weight is 441 g/mol. The first-order chi connectivity index (χ1) is 15.1. The van der Waals surface area contributed by atoms with Gasteiger partial charge in [-0.15, -0.1) is 0 Å². The number of rotatable bonds is 23. The molecule has 31 heavy (non-hydrogen) atoms. The Hall–Kier alpha value is -1.06. The van der Waals surface area contributed by atoms with Gasteiger partial charge in [0.2, 0.25) is 0 Å². The molecule has 0 aromatic rings. The Morgan fingerprint density at radius 3 is 1.52 bits per heavy atom. The lowest BCUT2D eigenvalue weighted by atomic mass is 9.95. The molecule has 0 radical (unpaired) electrons. The predicted octanol–water partition coefficient (Wildman–Crippen LogP) is 8.16. The summed E-state index contributed by atoms with van der Waals surface area (Å²) in [4.78, 5) is 23.3. The Morgan fingerprint density at radius 1 is 0.581 bits per heavy atom. The van der Waals surface area contributed by atoms with Crippen LogP contribution < -0.4 is 0 Å². The standard InChI is InChI=1S/C27H52O4/c1-4-7-22-30-26(28)21-19-17-15-13-11-9-10-12-14-16-18-20-25(6-3)24-27(29)31-23-8-5-2/h25H,4-24H2,1-3H3. The van der Waals surface area contributed by atoms with E-state index < -0.39 is 0 Å². The van der Waals surface area contributed by atoms with Crippen LogP contribution in [0.25, 0.3) is 0 Å². The summed E-state index contributed by atoms with van der Waals surface area (Å²) in [5.74, 6) is 0.463. The van der Waals surface area contributed by atoms with E-state index in [-0.39, 0.29) is 11.9 Å². The summed E-state index contributed by atoms with van der Waals surface area (Å²) in [7, 11) is 0. The molecule has 0 saturated carbocycles. The number of ether oxygens (including phenoxy) is 2. The predicted molar refractivity (Wildman–Crippen MR) is 130 cm³/mol. The van der Waals surface area contributed by atoms with Crippen molar-refractivity contribution < 1.29 is 19.1 Å². The molecule has 184 valence electrons. The van der Waals surface area contributed by atoms with Gasteiger partial charge in [0.05, 0.1) is 13.2 Å². The lowest BCUT2D eigenvalue weighted by Gasteiger charge is -2.14. The monoisotopic (exact) mass is 440 g/mol. The third kappa shape index (κ3) is 21.9. The molecule has 0 rings (SSSR count). The number of hydrogen-bond acceptors (Lipinski definition) is 4. The third-order valence-corrected chi connectivity index (χ3v) is 6.05. The van der Waals surface area contributed by atoms with Gasteiger partial charge in [-0.3, -0.25) is 9.59 Å². The maximum atomic E-state index is 11.8. The van der Waals surface area contributed by atoms with Crippen LogP contribution in [-0.4, -0.2) is 25.2 Å². The minimum absolute atomic E-state index is 0.00722. The van der Waals surface area contributed by atoms with E-state index in [0.29, 0.717) is 32.0 Å². The zero-order valence-electron chi connectivity index (χ0n) is 21.1. The van der Waals surface area contributed by atoms with Gasteiger partial charge >= 0.3 is 11.9 Å². The number of hydrogen-bond donors (Lipinski definition) is 0. The zero-order valence-corrected chi connectivity index (χ0v) is 21.1. The van der Waals surface area contributed by atoms with Gasteiger partial charge in [0.25, 0.3) is 0 Å². The molecule has 0 spiro atoms. The Labute approximate surface area is 193 Å². The van der Waals surface area contributed by atoms with Crippen LogP contribution in [0.15, 0.2) is 0 Å². The summed E-state index contributed by atoms with van der Waals surface area (Å²) < 4.78 is 10.5. The lowest BCUT2D eigenvalue weighted by molar-refractivity contribution is -0.145. The van der Waals surface area contributed by atoms with Crippen LogP contribution in [0.3, 0.4) is 0 Å². The molecule has 0 N–H and O–H groups in total. The van der Waals surface area contributed by atoms with Gasteiger partial charge in [-0.25, -0.2) is 0 Å². The molecule has 0 aliphatic heterocycles. The fraction of sp³-hybridized carbons (Fsp3) is 0.926. The molecule has 0 aromatic heterocycles. The summed E-state index contributed by atoms with van der Waals surface area (Å²) in [6, 6.07) is 0. The molecule has 0 bridgehead atoms. The van der Waals surface area contributed by atoms with E-state index in [1.165, 1.54) is 57.8 Å². The molecule has 0 aliphatic carbocycles. The quantitative estimate of drug-likeness (QED) is 0.119. The highest BCUT2D eigenvalue weighted by molar-refractivity contribution is 5.69. The van der Waals surface area contributed by atoms with E-state index in [4.69, 9.17) is 9.47 Å². The largest absolute Gasteiger partial charge is 0.466 e. The van der Waals surface area contributed by atoms with E-state index >= 15 is 0 Å². The van der Waals surface area contributed by atoms with Crippen molar-refractivity contribution in [2.45, 2.75) is 143 Å². The van der Waals surface area contributed by atoms with Gasteiger partial charge in [-0.2, -0.15) is 0 Å². The molecular formula is C27H52O4. The van der Waals surface area contributed by atoms with E-state index in [1.54, 1.807) is 0 Å². The summed E-state index contributed by atoms with van der Waals surface area (Å²) >= 11 is 0. The van der Waals surface area contributed by atoms with Gasteiger partial charge in [0.1, 0.15) is 0 Å². The SMILES string of the molecule is CCCCOC(=O)CCCCCCCCCCCCCC(CC)CC(=O)OCCCC. The second-order valence-electron chi connectivity index (χ2n) is 9.05. The third-order valence-electron chi connectivity index (χ3n) is 6.05. The fourth-order valence-electron chi connectivity index (χ4n) is 3.77. The zero-order chi connectivity index (χ0) is 23.0. The molecule has 4 nitrogen and oxygen atoms in total. The first kappa shape index (κ1) is 29.9. The number of carbonyl (C=O) groups is 2. The summed E-state index contributed by atoms with van der Waals surface area (Å²) in [5, 5.41) is 0. The minimum Gasteiger partial charge on any atom is -0.466 e. The van der Waals surface area contributed by atoms with Crippen molar-refractivity contribution in [1.29, 1.82) is 0 Å². The van der Waals surface area contributed by atoms with Crippen molar-refractivity contribution >= 4 is 11.9 Å². The van der Waals surface area contributed by atoms with Crippen molar-refractivity contribution in [2.75, 3.05) is 13.2 Å². The minimum atomic E-state index is -0.0226. The molecular weight excluding hydrogens is 388 g/mol. The smallest absolute Gasteiger partial charge is 0.306 e. The molecule has 0 fully saturated rings. The first-order valence-electron chi connectivity index (χ1n) is 13.4. The normalized spacial score (nSPS) is 12.0. The topological polar surface area (TPSA) is 52.6 Å². The van der Waals surface area contributed by atoms with Crippen LogP contribution in [-0.2, 0) is 19.1 Å². The fourth-order valence-corrected chi connectivity index (χ4v) is 3.77. The molecule has 1 atom stereocenters. The molecule has 0 heterocycles. The van der Waals surface area contributed by atoms with Gasteiger partial charge in [0.15, 0.2) is 0 Å². The summed E-state index contributed by atoms with van der Waals surface area (Å²) in [6.45, 7) is 7.57. The van der Waals surface area contributed by atoms with Gasteiger partial charge < -0.3 is 9.47 Å². The van der Waals surface area contributed by atoms with Crippen LogP contribution in [0.5, 0.6) is 0 Å².